The molecule has 10 nitrogen and oxygen atoms in total. The van der Waals surface area contributed by atoms with Crippen molar-refractivity contribution in [2.45, 2.75) is 31.7 Å². The number of H-pyrrole nitrogens is 1. The lowest BCUT2D eigenvalue weighted by atomic mass is 9.61. The lowest BCUT2D eigenvalue weighted by molar-refractivity contribution is -0.148. The zero-order valence-electron chi connectivity index (χ0n) is 22.0. The molecule has 2 atom stereocenters. The Bertz CT molecular complexity index is 1530. The van der Waals surface area contributed by atoms with Crippen LogP contribution in [0.1, 0.15) is 25.7 Å². The molecule has 8 rings (SSSR count). The predicted octanol–water partition coefficient (Wildman–Crippen LogP) is 4.70. The Morgan fingerprint density at radius 2 is 1.70 bits per heavy atom. The normalized spacial score (nSPS) is 24.4. The molecule has 206 valence electrons. The number of carboxylic acids is 1. The SMILES string of the molecule is O=C(O)[C@H]1C2CCC(CC2)[C@@H]1Nc1cc(N2CCN(c3ccccc3)CC2)nc(-c2c[nH]c3ncc(Cl)nc23)n1. The van der Waals surface area contributed by atoms with E-state index in [0.29, 0.717) is 39.4 Å². The number of hydrogen-bond donors (Lipinski definition) is 3. The molecule has 1 aromatic carbocycles. The second-order valence-corrected chi connectivity index (χ2v) is 11.4. The molecule has 0 spiro atoms. The molecule has 0 radical (unpaired) electrons. The van der Waals surface area contributed by atoms with Crippen LogP contribution in [0.4, 0.5) is 17.3 Å². The van der Waals surface area contributed by atoms with Gasteiger partial charge in [-0.05, 0) is 49.7 Å². The molecule has 3 saturated carbocycles. The molecule has 40 heavy (non-hydrogen) atoms. The molecule has 3 N–H and O–H groups in total. The lowest BCUT2D eigenvalue weighted by Crippen LogP contribution is -2.51. The number of aromatic amines is 1. The number of carbonyl (C=O) groups is 1. The highest BCUT2D eigenvalue weighted by Gasteiger charge is 2.47. The first-order valence-corrected chi connectivity index (χ1v) is 14.3. The van der Waals surface area contributed by atoms with Gasteiger partial charge in [-0.2, -0.15) is 0 Å². The summed E-state index contributed by atoms with van der Waals surface area (Å²) in [6.45, 7) is 3.34. The topological polar surface area (TPSA) is 123 Å². The molecule has 4 aromatic rings. The van der Waals surface area contributed by atoms with Crippen molar-refractivity contribution < 1.29 is 9.90 Å². The number of carboxylic acid groups (broad SMARTS) is 1. The van der Waals surface area contributed by atoms with E-state index in [9.17, 15) is 9.90 Å². The Kier molecular flexibility index (Phi) is 6.42. The summed E-state index contributed by atoms with van der Waals surface area (Å²) in [5.74, 6) is 1.33. The summed E-state index contributed by atoms with van der Waals surface area (Å²) < 4.78 is 0. The number of benzene rings is 1. The van der Waals surface area contributed by atoms with Gasteiger partial charge in [-0.15, -0.1) is 0 Å². The molecule has 3 aromatic heterocycles. The third-order valence-corrected chi connectivity index (χ3v) is 9.03. The molecule has 0 amide bonds. The standard InChI is InChI=1S/C29H31ClN8O2/c30-21-16-32-28-26(33-21)20(15-31-28)27-35-22(34-25-18-8-6-17(7-9-18)24(25)29(39)40)14-23(36-27)38-12-10-37(11-13-38)19-4-2-1-3-5-19/h1-5,14-18,24-25H,6-13H2,(H,31,32)(H,39,40)(H,34,35,36)/t17?,18?,24-,25-/m0/s1. The van der Waals surface area contributed by atoms with E-state index < -0.39 is 11.9 Å². The molecule has 11 heteroatoms. The van der Waals surface area contributed by atoms with Crippen LogP contribution >= 0.6 is 11.6 Å². The zero-order valence-corrected chi connectivity index (χ0v) is 22.8. The van der Waals surface area contributed by atoms with E-state index in [1.54, 1.807) is 6.20 Å². The van der Waals surface area contributed by atoms with E-state index in [1.807, 2.05) is 12.1 Å². The van der Waals surface area contributed by atoms with E-state index in [1.165, 1.54) is 11.9 Å². The summed E-state index contributed by atoms with van der Waals surface area (Å²) in [6, 6.07) is 12.3. The van der Waals surface area contributed by atoms with Gasteiger partial charge in [-0.3, -0.25) is 4.79 Å². The number of rotatable bonds is 6. The Morgan fingerprint density at radius 1 is 0.975 bits per heavy atom. The second-order valence-electron chi connectivity index (χ2n) is 11.0. The molecule has 1 aliphatic heterocycles. The number of piperazine rings is 1. The maximum Gasteiger partial charge on any atom is 0.308 e. The fourth-order valence-electron chi connectivity index (χ4n) is 6.85. The van der Waals surface area contributed by atoms with Gasteiger partial charge in [0.25, 0.3) is 0 Å². The minimum atomic E-state index is -0.722. The summed E-state index contributed by atoms with van der Waals surface area (Å²) >= 11 is 6.18. The summed E-state index contributed by atoms with van der Waals surface area (Å²) in [5, 5.41) is 14.0. The summed E-state index contributed by atoms with van der Waals surface area (Å²) in [6.07, 6.45) is 7.38. The first-order chi connectivity index (χ1) is 19.5. The molecule has 1 saturated heterocycles. The van der Waals surface area contributed by atoms with Gasteiger partial charge in [0.2, 0.25) is 0 Å². The van der Waals surface area contributed by atoms with Gasteiger partial charge in [0.15, 0.2) is 11.5 Å². The first-order valence-electron chi connectivity index (χ1n) is 14.0. The number of nitrogens with one attached hydrogen (secondary N) is 2. The van der Waals surface area contributed by atoms with Gasteiger partial charge in [0, 0.05) is 50.2 Å². The predicted molar refractivity (Wildman–Crippen MR) is 155 cm³/mol. The van der Waals surface area contributed by atoms with Crippen LogP contribution in [0.15, 0.2) is 48.8 Å². The van der Waals surface area contributed by atoms with Crippen molar-refractivity contribution >= 4 is 46.1 Å². The number of para-hydroxylation sites is 1. The van der Waals surface area contributed by atoms with Crippen molar-refractivity contribution in [3.8, 4) is 11.4 Å². The van der Waals surface area contributed by atoms with E-state index in [4.69, 9.17) is 21.6 Å². The quantitative estimate of drug-likeness (QED) is 0.309. The van der Waals surface area contributed by atoms with Crippen LogP contribution in [0, 0.1) is 17.8 Å². The minimum Gasteiger partial charge on any atom is -0.481 e. The van der Waals surface area contributed by atoms with Crippen LogP contribution in [0.2, 0.25) is 5.15 Å². The van der Waals surface area contributed by atoms with E-state index in [0.717, 1.165) is 57.7 Å². The average molecular weight is 559 g/mol. The Morgan fingerprint density at radius 3 is 2.45 bits per heavy atom. The second kappa shape index (κ2) is 10.2. The van der Waals surface area contributed by atoms with Gasteiger partial charge in [-0.25, -0.2) is 19.9 Å². The lowest BCUT2D eigenvalue weighted by Gasteiger charge is -2.47. The van der Waals surface area contributed by atoms with Crippen LogP contribution in [-0.4, -0.2) is 68.2 Å². The van der Waals surface area contributed by atoms with Gasteiger partial charge >= 0.3 is 5.97 Å². The Hall–Kier alpha value is -3.92. The van der Waals surface area contributed by atoms with Crippen molar-refractivity contribution in [1.29, 1.82) is 0 Å². The van der Waals surface area contributed by atoms with Crippen LogP contribution in [0.5, 0.6) is 0 Å². The monoisotopic (exact) mass is 558 g/mol. The highest BCUT2D eigenvalue weighted by Crippen LogP contribution is 2.46. The first kappa shape index (κ1) is 25.1. The summed E-state index contributed by atoms with van der Waals surface area (Å²) in [5.41, 5.74) is 3.13. The molecule has 0 unspecified atom stereocenters. The fourth-order valence-corrected chi connectivity index (χ4v) is 6.98. The number of hydrogen-bond acceptors (Lipinski definition) is 8. The highest BCUT2D eigenvalue weighted by atomic mass is 35.5. The number of halogens is 1. The zero-order chi connectivity index (χ0) is 27.2. The van der Waals surface area contributed by atoms with Gasteiger partial charge in [0.1, 0.15) is 22.3 Å². The van der Waals surface area contributed by atoms with Crippen LogP contribution in [0.25, 0.3) is 22.6 Å². The minimum absolute atomic E-state index is 0.160. The Balaban J connectivity index is 1.24. The molecule has 2 bridgehead atoms. The van der Waals surface area contributed by atoms with Crippen molar-refractivity contribution in [3.05, 3.63) is 53.9 Å². The molecule has 3 aliphatic carbocycles. The largest absolute Gasteiger partial charge is 0.481 e. The van der Waals surface area contributed by atoms with Crippen LogP contribution < -0.4 is 15.1 Å². The number of nitrogens with zero attached hydrogens (tertiary/aromatic N) is 6. The highest BCUT2D eigenvalue weighted by molar-refractivity contribution is 6.29. The molecule has 4 heterocycles. The molecule has 4 aliphatic rings. The molecule has 4 fully saturated rings. The maximum atomic E-state index is 12.3. The Labute approximate surface area is 236 Å². The number of fused-ring (bicyclic) bond motifs is 4. The summed E-state index contributed by atoms with van der Waals surface area (Å²) in [7, 11) is 0. The van der Waals surface area contributed by atoms with E-state index in [2.05, 4.69) is 54.3 Å². The fraction of sp³-hybridized carbons (Fsp3) is 0.414. The third kappa shape index (κ3) is 4.60. The smallest absolute Gasteiger partial charge is 0.308 e. The van der Waals surface area contributed by atoms with Gasteiger partial charge < -0.3 is 25.2 Å². The van der Waals surface area contributed by atoms with E-state index >= 15 is 0 Å². The van der Waals surface area contributed by atoms with Crippen molar-refractivity contribution in [3.63, 3.8) is 0 Å². The number of anilines is 3. The molecular formula is C29H31ClN8O2. The average Bonchev–Trinajstić information content (AvgIpc) is 3.41. The van der Waals surface area contributed by atoms with Crippen molar-refractivity contribution in [2.24, 2.45) is 17.8 Å². The maximum absolute atomic E-state index is 12.3. The molecular weight excluding hydrogens is 528 g/mol. The van der Waals surface area contributed by atoms with E-state index in [-0.39, 0.29) is 12.0 Å². The van der Waals surface area contributed by atoms with Crippen molar-refractivity contribution in [1.82, 2.24) is 24.9 Å². The van der Waals surface area contributed by atoms with Gasteiger partial charge in [0.05, 0.1) is 17.7 Å². The van der Waals surface area contributed by atoms with Gasteiger partial charge in [-0.1, -0.05) is 29.8 Å². The summed E-state index contributed by atoms with van der Waals surface area (Å²) in [4.78, 5) is 38.8. The van der Waals surface area contributed by atoms with Crippen molar-refractivity contribution in [2.75, 3.05) is 41.3 Å². The van der Waals surface area contributed by atoms with Crippen LogP contribution in [0.3, 0.4) is 0 Å². The third-order valence-electron chi connectivity index (χ3n) is 8.85. The number of aromatic nitrogens is 5. The number of aliphatic carboxylic acids is 1. The van der Waals surface area contributed by atoms with Crippen LogP contribution in [-0.2, 0) is 4.79 Å².